The van der Waals surface area contributed by atoms with Crippen LogP contribution in [-0.4, -0.2) is 65.0 Å². The SMILES string of the molecule is Cc1nnc(N[C@H](C)c2cccc(C(F)(F)CO)c2F)c2cc(N3CCC(N(C)C)CC3)cnc12. The molecule has 0 saturated carbocycles. The van der Waals surface area contributed by atoms with E-state index in [2.05, 4.69) is 44.4 Å². The Labute approximate surface area is 203 Å². The monoisotopic (exact) mass is 488 g/mol. The molecule has 3 aromatic rings. The number of alkyl halides is 2. The van der Waals surface area contributed by atoms with Gasteiger partial charge in [0.25, 0.3) is 5.92 Å². The number of aryl methyl sites for hydroxylation is 1. The Hall–Kier alpha value is -2.98. The Morgan fingerprint density at radius 3 is 2.60 bits per heavy atom. The van der Waals surface area contributed by atoms with Crippen LogP contribution >= 0.6 is 0 Å². The van der Waals surface area contributed by atoms with Crippen LogP contribution in [0, 0.1) is 12.7 Å². The van der Waals surface area contributed by atoms with Gasteiger partial charge in [-0.25, -0.2) is 4.39 Å². The zero-order chi connectivity index (χ0) is 25.3. The van der Waals surface area contributed by atoms with E-state index in [9.17, 15) is 13.2 Å². The summed E-state index contributed by atoms with van der Waals surface area (Å²) in [6, 6.07) is 5.64. The van der Waals surface area contributed by atoms with E-state index < -0.39 is 30.0 Å². The number of hydrogen-bond acceptors (Lipinski definition) is 7. The first kappa shape index (κ1) is 25.1. The van der Waals surface area contributed by atoms with Crippen molar-refractivity contribution in [1.29, 1.82) is 0 Å². The maximum absolute atomic E-state index is 15.0. The Kier molecular flexibility index (Phi) is 7.14. The van der Waals surface area contributed by atoms with Crippen molar-refractivity contribution in [2.75, 3.05) is 44.0 Å². The summed E-state index contributed by atoms with van der Waals surface area (Å²) in [7, 11) is 4.20. The van der Waals surface area contributed by atoms with Crippen LogP contribution in [0.1, 0.15) is 42.6 Å². The standard InChI is InChI=1S/C25H31F3N6O/c1-15(19-6-5-7-21(22(19)26)25(27,28)14-35)30-24-20-12-18(13-29-23(20)16(2)31-32-24)34-10-8-17(9-11-34)33(3)4/h5-7,12-13,15,17,35H,8-11,14H2,1-4H3,(H,30,32)/t15-/m1/s1. The van der Waals surface area contributed by atoms with Gasteiger partial charge in [0.1, 0.15) is 12.4 Å². The van der Waals surface area contributed by atoms with Crippen molar-refractivity contribution in [3.05, 3.63) is 53.1 Å². The highest BCUT2D eigenvalue weighted by Crippen LogP contribution is 2.34. The van der Waals surface area contributed by atoms with Crippen molar-refractivity contribution < 1.29 is 18.3 Å². The number of piperidine rings is 1. The molecule has 1 aromatic carbocycles. The summed E-state index contributed by atoms with van der Waals surface area (Å²) in [5, 5.41) is 21.3. The van der Waals surface area contributed by atoms with Crippen LogP contribution in [-0.2, 0) is 5.92 Å². The van der Waals surface area contributed by atoms with E-state index in [4.69, 9.17) is 5.11 Å². The number of rotatable bonds is 7. The van der Waals surface area contributed by atoms with Crippen molar-refractivity contribution in [1.82, 2.24) is 20.1 Å². The van der Waals surface area contributed by atoms with Crippen molar-refractivity contribution in [3.63, 3.8) is 0 Å². The minimum atomic E-state index is -3.67. The lowest BCUT2D eigenvalue weighted by molar-refractivity contribution is -0.0583. The van der Waals surface area contributed by atoms with Gasteiger partial charge in [-0.1, -0.05) is 12.1 Å². The maximum Gasteiger partial charge on any atom is 0.298 e. The third-order valence-electron chi connectivity index (χ3n) is 6.77. The average molecular weight is 489 g/mol. The number of hydrogen-bond donors (Lipinski definition) is 2. The second-order valence-corrected chi connectivity index (χ2v) is 9.34. The van der Waals surface area contributed by atoms with E-state index in [-0.39, 0.29) is 5.56 Å². The van der Waals surface area contributed by atoms with E-state index >= 15 is 0 Å². The van der Waals surface area contributed by atoms with Crippen LogP contribution in [0.25, 0.3) is 10.9 Å². The summed E-state index contributed by atoms with van der Waals surface area (Å²) >= 11 is 0. The quantitative estimate of drug-likeness (QED) is 0.515. The molecule has 1 fully saturated rings. The molecule has 2 N–H and O–H groups in total. The van der Waals surface area contributed by atoms with E-state index in [1.807, 2.05) is 19.2 Å². The fourth-order valence-electron chi connectivity index (χ4n) is 4.60. The molecule has 1 aliphatic rings. The predicted octanol–water partition coefficient (Wildman–Crippen LogP) is 4.26. The van der Waals surface area contributed by atoms with Gasteiger partial charge in [0.2, 0.25) is 0 Å². The molecule has 0 radical (unpaired) electrons. The fourth-order valence-corrected chi connectivity index (χ4v) is 4.60. The van der Waals surface area contributed by atoms with Gasteiger partial charge in [0, 0.05) is 30.1 Å². The molecule has 0 unspecified atom stereocenters. The van der Waals surface area contributed by atoms with Crippen molar-refractivity contribution in [2.24, 2.45) is 0 Å². The minimum absolute atomic E-state index is 0.0426. The Bertz CT molecular complexity index is 1200. The summed E-state index contributed by atoms with van der Waals surface area (Å²) in [6.45, 7) is 3.82. The number of aliphatic hydroxyl groups excluding tert-OH is 1. The van der Waals surface area contributed by atoms with E-state index in [0.29, 0.717) is 23.1 Å². The zero-order valence-electron chi connectivity index (χ0n) is 20.4. The van der Waals surface area contributed by atoms with E-state index in [1.165, 1.54) is 12.1 Å². The molecule has 10 heteroatoms. The molecule has 3 heterocycles. The molecular formula is C25H31F3N6O. The van der Waals surface area contributed by atoms with Crippen LogP contribution < -0.4 is 10.2 Å². The fraction of sp³-hybridized carbons (Fsp3) is 0.480. The average Bonchev–Trinajstić information content (AvgIpc) is 2.85. The van der Waals surface area contributed by atoms with E-state index in [0.717, 1.165) is 43.1 Å². The molecule has 0 spiro atoms. The number of nitrogens with one attached hydrogen (secondary N) is 1. The van der Waals surface area contributed by atoms with E-state index in [1.54, 1.807) is 6.92 Å². The lowest BCUT2D eigenvalue weighted by atomic mass is 10.00. The summed E-state index contributed by atoms with van der Waals surface area (Å²) in [6.07, 6.45) is 3.93. The van der Waals surface area contributed by atoms with Gasteiger partial charge in [0.05, 0.1) is 34.7 Å². The predicted molar refractivity (Wildman–Crippen MR) is 130 cm³/mol. The Morgan fingerprint density at radius 1 is 1.23 bits per heavy atom. The van der Waals surface area contributed by atoms with Crippen LogP contribution in [0.2, 0.25) is 0 Å². The van der Waals surface area contributed by atoms with Gasteiger partial charge in [-0.2, -0.15) is 13.9 Å². The summed E-state index contributed by atoms with van der Waals surface area (Å²) in [5.41, 5.74) is 1.50. The smallest absolute Gasteiger partial charge is 0.298 e. The molecular weight excluding hydrogens is 457 g/mol. The molecule has 4 rings (SSSR count). The van der Waals surface area contributed by atoms with Crippen molar-refractivity contribution in [3.8, 4) is 0 Å². The number of benzene rings is 1. The van der Waals surface area contributed by atoms with Crippen LogP contribution in [0.4, 0.5) is 24.7 Å². The topological polar surface area (TPSA) is 77.4 Å². The van der Waals surface area contributed by atoms with Gasteiger partial charge in [-0.15, -0.1) is 5.10 Å². The van der Waals surface area contributed by atoms with Crippen LogP contribution in [0.5, 0.6) is 0 Å². The molecule has 2 aromatic heterocycles. The highest BCUT2D eigenvalue weighted by Gasteiger charge is 2.35. The Morgan fingerprint density at radius 2 is 1.94 bits per heavy atom. The van der Waals surface area contributed by atoms with Gasteiger partial charge in [0.15, 0.2) is 5.82 Å². The number of pyridine rings is 1. The van der Waals surface area contributed by atoms with Crippen LogP contribution in [0.15, 0.2) is 30.5 Å². The maximum atomic E-state index is 15.0. The lowest BCUT2D eigenvalue weighted by Crippen LogP contribution is -2.42. The summed E-state index contributed by atoms with van der Waals surface area (Å²) in [4.78, 5) is 9.17. The zero-order valence-corrected chi connectivity index (χ0v) is 20.4. The molecule has 0 bridgehead atoms. The molecule has 1 aliphatic heterocycles. The number of halogens is 3. The second-order valence-electron chi connectivity index (χ2n) is 9.34. The molecule has 188 valence electrons. The van der Waals surface area contributed by atoms with Gasteiger partial charge in [-0.05, 0) is 52.9 Å². The second kappa shape index (κ2) is 9.94. The first-order chi connectivity index (χ1) is 16.6. The molecule has 35 heavy (non-hydrogen) atoms. The lowest BCUT2D eigenvalue weighted by Gasteiger charge is -2.36. The number of aromatic nitrogens is 3. The van der Waals surface area contributed by atoms with Gasteiger partial charge < -0.3 is 20.2 Å². The normalized spacial score (nSPS) is 16.2. The molecule has 0 aliphatic carbocycles. The molecule has 0 amide bonds. The van der Waals surface area contributed by atoms with Crippen LogP contribution in [0.3, 0.4) is 0 Å². The Balaban J connectivity index is 1.64. The highest BCUT2D eigenvalue weighted by atomic mass is 19.3. The van der Waals surface area contributed by atoms with Crippen molar-refractivity contribution >= 4 is 22.4 Å². The number of nitrogens with zero attached hydrogens (tertiary/aromatic N) is 5. The van der Waals surface area contributed by atoms with Crippen molar-refractivity contribution in [2.45, 2.75) is 44.7 Å². The summed E-state index contributed by atoms with van der Waals surface area (Å²) in [5.74, 6) is -4.33. The molecule has 7 nitrogen and oxygen atoms in total. The summed E-state index contributed by atoms with van der Waals surface area (Å²) < 4.78 is 43.0. The first-order valence-electron chi connectivity index (χ1n) is 11.7. The molecule has 1 saturated heterocycles. The van der Waals surface area contributed by atoms with Gasteiger partial charge in [-0.3, -0.25) is 4.98 Å². The number of anilines is 2. The molecule has 1 atom stereocenters. The third kappa shape index (κ3) is 5.04. The minimum Gasteiger partial charge on any atom is -0.390 e. The first-order valence-corrected chi connectivity index (χ1v) is 11.7. The largest absolute Gasteiger partial charge is 0.390 e. The van der Waals surface area contributed by atoms with Gasteiger partial charge >= 0.3 is 0 Å². The number of fused-ring (bicyclic) bond motifs is 1. The third-order valence-corrected chi connectivity index (χ3v) is 6.77. The highest BCUT2D eigenvalue weighted by molar-refractivity contribution is 5.92. The number of aliphatic hydroxyl groups is 1.